The summed E-state index contributed by atoms with van der Waals surface area (Å²) < 4.78 is 12.0. The van der Waals surface area contributed by atoms with Gasteiger partial charge in [-0.2, -0.15) is 0 Å². The molecule has 0 saturated heterocycles. The predicted octanol–water partition coefficient (Wildman–Crippen LogP) is 5.11. The average molecular weight is 454 g/mol. The molecule has 3 aromatic rings. The van der Waals surface area contributed by atoms with Crippen LogP contribution in [-0.2, 0) is 29.0 Å². The number of benzene rings is 3. The van der Waals surface area contributed by atoms with Crippen molar-refractivity contribution in [1.82, 2.24) is 5.32 Å². The van der Waals surface area contributed by atoms with Crippen LogP contribution in [0, 0.1) is 0 Å². The summed E-state index contributed by atoms with van der Waals surface area (Å²) >= 11 is 3.46. The lowest BCUT2D eigenvalue weighted by atomic mass is 10.1. The second kappa shape index (κ2) is 10.9. The largest absolute Gasteiger partial charge is 0.465 e. The number of esters is 1. The lowest BCUT2D eigenvalue weighted by molar-refractivity contribution is 0.0167. The van der Waals surface area contributed by atoms with Gasteiger partial charge in [0.2, 0.25) is 0 Å². The fourth-order valence-electron chi connectivity index (χ4n) is 2.90. The fraction of sp³-hybridized carbons (Fsp3) is 0.208. The van der Waals surface area contributed by atoms with Crippen LogP contribution < -0.4 is 5.32 Å². The molecule has 0 heterocycles. The van der Waals surface area contributed by atoms with Gasteiger partial charge in [0.1, 0.15) is 6.23 Å². The smallest absolute Gasteiger partial charge is 0.337 e. The van der Waals surface area contributed by atoms with Gasteiger partial charge in [-0.05, 0) is 41.0 Å². The van der Waals surface area contributed by atoms with Crippen molar-refractivity contribution < 1.29 is 14.3 Å². The Morgan fingerprint density at radius 2 is 1.55 bits per heavy atom. The summed E-state index contributed by atoms with van der Waals surface area (Å²) in [6, 6.07) is 25.8. The number of carbonyl (C=O) groups is 1. The number of hydrogen-bond acceptors (Lipinski definition) is 4. The minimum Gasteiger partial charge on any atom is -0.465 e. The van der Waals surface area contributed by atoms with Crippen molar-refractivity contribution in [1.29, 1.82) is 0 Å². The number of rotatable bonds is 9. The molecule has 0 aromatic heterocycles. The van der Waals surface area contributed by atoms with Gasteiger partial charge in [0.05, 0.1) is 19.3 Å². The second-order valence-corrected chi connectivity index (χ2v) is 7.60. The van der Waals surface area contributed by atoms with Gasteiger partial charge < -0.3 is 9.47 Å². The van der Waals surface area contributed by atoms with Gasteiger partial charge in [0.15, 0.2) is 0 Å². The Labute approximate surface area is 180 Å². The van der Waals surface area contributed by atoms with Crippen molar-refractivity contribution in [2.24, 2.45) is 0 Å². The molecule has 0 amide bonds. The second-order valence-electron chi connectivity index (χ2n) is 6.69. The summed E-state index contributed by atoms with van der Waals surface area (Å²) in [4.78, 5) is 11.6. The first-order chi connectivity index (χ1) is 14.1. The average Bonchev–Trinajstić information content (AvgIpc) is 2.77. The van der Waals surface area contributed by atoms with E-state index in [4.69, 9.17) is 9.47 Å². The minimum atomic E-state index is -0.329. The van der Waals surface area contributed by atoms with Crippen molar-refractivity contribution in [3.8, 4) is 0 Å². The van der Waals surface area contributed by atoms with E-state index in [0.717, 1.165) is 22.0 Å². The number of ether oxygens (including phenoxy) is 2. The van der Waals surface area contributed by atoms with Crippen molar-refractivity contribution in [2.75, 3.05) is 7.11 Å². The molecule has 0 bridgehead atoms. The topological polar surface area (TPSA) is 47.6 Å². The van der Waals surface area contributed by atoms with Crippen LogP contribution in [0.5, 0.6) is 0 Å². The number of nitrogens with one attached hydrogen (secondary N) is 1. The molecule has 0 aliphatic carbocycles. The Kier molecular flexibility index (Phi) is 7.99. The Morgan fingerprint density at radius 1 is 0.897 bits per heavy atom. The minimum absolute atomic E-state index is 0.138. The molecule has 4 nitrogen and oxygen atoms in total. The summed E-state index contributed by atoms with van der Waals surface area (Å²) in [5.74, 6) is -0.329. The fourth-order valence-corrected chi connectivity index (χ4v) is 3.17. The maximum atomic E-state index is 11.6. The van der Waals surface area contributed by atoms with Crippen LogP contribution in [0.1, 0.15) is 27.0 Å². The van der Waals surface area contributed by atoms with Gasteiger partial charge in [-0.3, -0.25) is 5.32 Å². The normalized spacial score (nSPS) is 11.8. The van der Waals surface area contributed by atoms with Gasteiger partial charge in [0.25, 0.3) is 0 Å². The molecule has 3 rings (SSSR count). The molecule has 0 saturated carbocycles. The lowest BCUT2D eigenvalue weighted by Crippen LogP contribution is -2.33. The zero-order valence-electron chi connectivity index (χ0n) is 16.3. The van der Waals surface area contributed by atoms with Crippen LogP contribution in [0.15, 0.2) is 83.3 Å². The summed E-state index contributed by atoms with van der Waals surface area (Å²) in [7, 11) is 1.38. The number of halogens is 1. The van der Waals surface area contributed by atoms with Crippen molar-refractivity contribution in [3.05, 3.63) is 106 Å². The Bertz CT molecular complexity index is 896. The molecular weight excluding hydrogens is 430 g/mol. The maximum absolute atomic E-state index is 11.6. The zero-order chi connectivity index (χ0) is 20.5. The molecule has 0 spiro atoms. The van der Waals surface area contributed by atoms with Gasteiger partial charge in [-0.25, -0.2) is 4.79 Å². The first kappa shape index (κ1) is 21.2. The van der Waals surface area contributed by atoms with Crippen LogP contribution in [0.25, 0.3) is 0 Å². The van der Waals surface area contributed by atoms with E-state index in [1.165, 1.54) is 12.7 Å². The third kappa shape index (κ3) is 6.82. The Balaban J connectivity index is 1.62. The van der Waals surface area contributed by atoms with Gasteiger partial charge in [-0.1, -0.05) is 70.5 Å². The van der Waals surface area contributed by atoms with Crippen LogP contribution in [-0.4, -0.2) is 19.3 Å². The molecule has 1 atom stereocenters. The highest BCUT2D eigenvalue weighted by Crippen LogP contribution is 2.13. The molecule has 0 fully saturated rings. The highest BCUT2D eigenvalue weighted by atomic mass is 79.9. The molecule has 3 aromatic carbocycles. The highest BCUT2D eigenvalue weighted by Gasteiger charge is 2.11. The molecule has 0 aliphatic heterocycles. The molecule has 0 radical (unpaired) electrons. The van der Waals surface area contributed by atoms with E-state index in [1.807, 2.05) is 42.5 Å². The highest BCUT2D eigenvalue weighted by molar-refractivity contribution is 9.10. The predicted molar refractivity (Wildman–Crippen MR) is 117 cm³/mol. The van der Waals surface area contributed by atoms with E-state index in [9.17, 15) is 4.79 Å². The molecule has 1 N–H and O–H groups in total. The monoisotopic (exact) mass is 453 g/mol. The first-order valence-corrected chi connectivity index (χ1v) is 10.2. The third-order valence-electron chi connectivity index (χ3n) is 4.54. The van der Waals surface area contributed by atoms with Crippen molar-refractivity contribution in [2.45, 2.75) is 25.8 Å². The number of methoxy groups -OCH3 is 1. The summed E-state index contributed by atoms with van der Waals surface area (Å²) in [6.45, 7) is 1.17. The van der Waals surface area contributed by atoms with E-state index in [1.54, 1.807) is 12.1 Å². The molecule has 29 heavy (non-hydrogen) atoms. The van der Waals surface area contributed by atoms with Crippen LogP contribution in [0.2, 0.25) is 0 Å². The van der Waals surface area contributed by atoms with Crippen molar-refractivity contribution >= 4 is 21.9 Å². The van der Waals surface area contributed by atoms with E-state index in [0.29, 0.717) is 18.7 Å². The molecular formula is C24H24BrNO3. The Morgan fingerprint density at radius 3 is 2.21 bits per heavy atom. The van der Waals surface area contributed by atoms with Gasteiger partial charge >= 0.3 is 5.97 Å². The summed E-state index contributed by atoms with van der Waals surface area (Å²) in [5, 5.41) is 3.48. The van der Waals surface area contributed by atoms with Crippen LogP contribution >= 0.6 is 15.9 Å². The van der Waals surface area contributed by atoms with Gasteiger partial charge in [-0.15, -0.1) is 0 Å². The lowest BCUT2D eigenvalue weighted by Gasteiger charge is -2.20. The summed E-state index contributed by atoms with van der Waals surface area (Å²) in [5.41, 5.74) is 3.95. The standard InChI is InChI=1S/C24H24BrNO3/c1-28-24(27)21-11-7-19(8-12-21)16-26-23(15-18-5-3-2-4-6-18)29-17-20-9-13-22(25)14-10-20/h2-14,23,26H,15-17H2,1H3. The summed E-state index contributed by atoms with van der Waals surface area (Å²) in [6.07, 6.45) is 0.624. The van der Waals surface area contributed by atoms with Crippen LogP contribution in [0.4, 0.5) is 0 Å². The maximum Gasteiger partial charge on any atom is 0.337 e. The van der Waals surface area contributed by atoms with E-state index in [2.05, 4.69) is 45.5 Å². The van der Waals surface area contributed by atoms with Crippen LogP contribution in [0.3, 0.4) is 0 Å². The van der Waals surface area contributed by atoms with E-state index < -0.39 is 0 Å². The van der Waals surface area contributed by atoms with E-state index >= 15 is 0 Å². The molecule has 5 heteroatoms. The van der Waals surface area contributed by atoms with Crippen molar-refractivity contribution in [3.63, 3.8) is 0 Å². The SMILES string of the molecule is COC(=O)c1ccc(CNC(Cc2ccccc2)OCc2ccc(Br)cc2)cc1. The zero-order valence-corrected chi connectivity index (χ0v) is 17.9. The van der Waals surface area contributed by atoms with E-state index in [-0.39, 0.29) is 12.2 Å². The molecule has 1 unspecified atom stereocenters. The molecule has 150 valence electrons. The third-order valence-corrected chi connectivity index (χ3v) is 5.07. The van der Waals surface area contributed by atoms with Gasteiger partial charge in [0, 0.05) is 17.4 Å². The number of hydrogen-bond donors (Lipinski definition) is 1. The quantitative estimate of drug-likeness (QED) is 0.361. The number of carbonyl (C=O) groups excluding carboxylic acids is 1. The first-order valence-electron chi connectivity index (χ1n) is 9.44. The molecule has 0 aliphatic rings. The Hall–Kier alpha value is -2.47.